The third-order valence-electron chi connectivity index (χ3n) is 5.82. The summed E-state index contributed by atoms with van der Waals surface area (Å²) in [4.78, 5) is 36.7. The Balaban J connectivity index is 1.78. The van der Waals surface area contributed by atoms with Crippen molar-refractivity contribution in [3.8, 4) is 22.7 Å². The highest BCUT2D eigenvalue weighted by Gasteiger charge is 2.22. The lowest BCUT2D eigenvalue weighted by atomic mass is 10.0. The summed E-state index contributed by atoms with van der Waals surface area (Å²) in [5.41, 5.74) is 4.34. The maximum atomic E-state index is 12.3. The first-order valence-electron chi connectivity index (χ1n) is 11.0. The Morgan fingerprint density at radius 3 is 2.39 bits per heavy atom. The molecule has 1 saturated heterocycles. The molecule has 3 aromatic rings. The number of piperidine rings is 1. The van der Waals surface area contributed by atoms with Crippen molar-refractivity contribution in [2.45, 2.75) is 25.7 Å². The molecule has 1 N–H and O–H groups in total. The molecule has 8 heteroatoms. The lowest BCUT2D eigenvalue weighted by Gasteiger charge is -2.27. The number of benzene rings is 2. The van der Waals surface area contributed by atoms with Gasteiger partial charge >= 0.3 is 0 Å². The Morgan fingerprint density at radius 2 is 1.76 bits per heavy atom. The van der Waals surface area contributed by atoms with Crippen molar-refractivity contribution in [3.05, 3.63) is 59.8 Å². The SMILES string of the molecule is COc1ccc(-n2nc(C=O)c(CCNC=O)c2-c2ccc(N3CCCCC3=O)cc2)cc1. The highest BCUT2D eigenvalue weighted by Crippen LogP contribution is 2.32. The van der Waals surface area contributed by atoms with Gasteiger partial charge in [0, 0.05) is 36.3 Å². The Bertz CT molecular complexity index is 1140. The lowest BCUT2D eigenvalue weighted by Crippen LogP contribution is -2.35. The number of hydrogen-bond donors (Lipinski definition) is 1. The summed E-state index contributed by atoms with van der Waals surface area (Å²) < 4.78 is 6.99. The maximum Gasteiger partial charge on any atom is 0.226 e. The van der Waals surface area contributed by atoms with E-state index in [1.807, 2.05) is 53.4 Å². The molecule has 2 heterocycles. The molecule has 0 radical (unpaired) electrons. The number of methoxy groups -OCH3 is 1. The number of rotatable bonds is 9. The van der Waals surface area contributed by atoms with E-state index >= 15 is 0 Å². The maximum absolute atomic E-state index is 12.3. The van der Waals surface area contributed by atoms with Crippen LogP contribution in [0.2, 0.25) is 0 Å². The Labute approximate surface area is 192 Å². The molecule has 2 amide bonds. The van der Waals surface area contributed by atoms with E-state index in [0.717, 1.165) is 53.9 Å². The van der Waals surface area contributed by atoms with E-state index < -0.39 is 0 Å². The summed E-state index contributed by atoms with van der Waals surface area (Å²) in [6, 6.07) is 15.2. The van der Waals surface area contributed by atoms with Crippen molar-refractivity contribution in [1.29, 1.82) is 0 Å². The molecule has 0 saturated carbocycles. The van der Waals surface area contributed by atoms with Crippen molar-refractivity contribution in [2.75, 3.05) is 25.1 Å². The molecule has 170 valence electrons. The third kappa shape index (κ3) is 4.64. The van der Waals surface area contributed by atoms with Gasteiger partial charge in [0.15, 0.2) is 6.29 Å². The van der Waals surface area contributed by atoms with Gasteiger partial charge in [-0.15, -0.1) is 0 Å². The lowest BCUT2D eigenvalue weighted by molar-refractivity contribution is -0.119. The predicted octanol–water partition coefficient (Wildman–Crippen LogP) is 3.17. The molecule has 2 aromatic carbocycles. The van der Waals surface area contributed by atoms with Gasteiger partial charge in [-0.05, 0) is 55.7 Å². The molecule has 4 rings (SSSR count). The van der Waals surface area contributed by atoms with Gasteiger partial charge in [0.25, 0.3) is 0 Å². The fourth-order valence-corrected chi connectivity index (χ4v) is 4.15. The fourth-order valence-electron chi connectivity index (χ4n) is 4.15. The average molecular weight is 447 g/mol. The predicted molar refractivity (Wildman–Crippen MR) is 125 cm³/mol. The van der Waals surface area contributed by atoms with Gasteiger partial charge in [-0.2, -0.15) is 5.10 Å². The summed E-state index contributed by atoms with van der Waals surface area (Å²) in [6.07, 6.45) is 4.32. The number of carbonyl (C=O) groups excluding carboxylic acids is 3. The minimum atomic E-state index is 0.140. The fraction of sp³-hybridized carbons (Fsp3) is 0.280. The quantitative estimate of drug-likeness (QED) is 0.403. The number of nitrogens with zero attached hydrogens (tertiary/aromatic N) is 3. The Morgan fingerprint density at radius 1 is 1.03 bits per heavy atom. The molecule has 0 atom stereocenters. The number of anilines is 1. The smallest absolute Gasteiger partial charge is 0.226 e. The van der Waals surface area contributed by atoms with Crippen LogP contribution < -0.4 is 15.0 Å². The van der Waals surface area contributed by atoms with E-state index in [4.69, 9.17) is 4.74 Å². The van der Waals surface area contributed by atoms with Crippen LogP contribution in [0.1, 0.15) is 35.3 Å². The first-order chi connectivity index (χ1) is 16.2. The summed E-state index contributed by atoms with van der Waals surface area (Å²) >= 11 is 0. The summed E-state index contributed by atoms with van der Waals surface area (Å²) in [6.45, 7) is 1.10. The van der Waals surface area contributed by atoms with E-state index in [9.17, 15) is 14.4 Å². The standard InChI is InChI=1S/C25H26N4O4/c1-33-21-11-9-20(10-12-21)29-25(22(13-14-26-17-31)23(16-30)27-29)18-5-7-19(8-6-18)28-15-3-2-4-24(28)32/h5-12,16-17H,2-4,13-15H2,1H3,(H,26,31). The number of nitrogens with one attached hydrogen (secondary N) is 1. The normalized spacial score (nSPS) is 13.6. The second kappa shape index (κ2) is 10.1. The second-order valence-electron chi connectivity index (χ2n) is 7.81. The van der Waals surface area contributed by atoms with Crippen LogP contribution in [0.5, 0.6) is 5.75 Å². The van der Waals surface area contributed by atoms with E-state index in [1.165, 1.54) is 0 Å². The Kier molecular flexibility index (Phi) is 6.83. The van der Waals surface area contributed by atoms with Crippen molar-refractivity contribution in [3.63, 3.8) is 0 Å². The number of carbonyl (C=O) groups is 3. The van der Waals surface area contributed by atoms with Crippen LogP contribution in [0, 0.1) is 0 Å². The van der Waals surface area contributed by atoms with Crippen molar-refractivity contribution >= 4 is 24.3 Å². The number of amides is 2. The molecule has 1 aromatic heterocycles. The topological polar surface area (TPSA) is 93.5 Å². The average Bonchev–Trinajstić information content (AvgIpc) is 3.23. The van der Waals surface area contributed by atoms with E-state index in [-0.39, 0.29) is 5.91 Å². The van der Waals surface area contributed by atoms with Gasteiger partial charge in [-0.25, -0.2) is 4.68 Å². The second-order valence-corrected chi connectivity index (χ2v) is 7.81. The van der Waals surface area contributed by atoms with Crippen LogP contribution in [-0.4, -0.2) is 48.6 Å². The van der Waals surface area contributed by atoms with E-state index in [0.29, 0.717) is 37.2 Å². The highest BCUT2D eigenvalue weighted by molar-refractivity contribution is 5.94. The number of aromatic nitrogens is 2. The van der Waals surface area contributed by atoms with Gasteiger partial charge < -0.3 is 15.0 Å². The van der Waals surface area contributed by atoms with Crippen LogP contribution in [0.3, 0.4) is 0 Å². The zero-order valence-electron chi connectivity index (χ0n) is 18.5. The molecule has 1 fully saturated rings. The summed E-state index contributed by atoms with van der Waals surface area (Å²) in [5.74, 6) is 0.857. The molecule has 1 aliphatic heterocycles. The molecule has 0 unspecified atom stereocenters. The molecule has 1 aliphatic rings. The van der Waals surface area contributed by atoms with Gasteiger partial charge in [-0.1, -0.05) is 12.1 Å². The van der Waals surface area contributed by atoms with E-state index in [2.05, 4.69) is 10.4 Å². The minimum Gasteiger partial charge on any atom is -0.497 e. The molecular formula is C25H26N4O4. The summed E-state index contributed by atoms with van der Waals surface area (Å²) in [5, 5.41) is 7.21. The van der Waals surface area contributed by atoms with Gasteiger partial charge in [0.1, 0.15) is 11.4 Å². The molecular weight excluding hydrogens is 420 g/mol. The van der Waals surface area contributed by atoms with Gasteiger partial charge in [0.2, 0.25) is 12.3 Å². The number of aldehydes is 1. The van der Waals surface area contributed by atoms with Crippen molar-refractivity contribution in [2.24, 2.45) is 0 Å². The monoisotopic (exact) mass is 446 g/mol. The highest BCUT2D eigenvalue weighted by atomic mass is 16.5. The zero-order chi connectivity index (χ0) is 23.2. The molecule has 33 heavy (non-hydrogen) atoms. The largest absolute Gasteiger partial charge is 0.497 e. The van der Waals surface area contributed by atoms with Gasteiger partial charge in [0.05, 0.1) is 18.5 Å². The molecule has 0 bridgehead atoms. The summed E-state index contributed by atoms with van der Waals surface area (Å²) in [7, 11) is 1.60. The van der Waals surface area contributed by atoms with Crippen molar-refractivity contribution < 1.29 is 19.1 Å². The zero-order valence-corrected chi connectivity index (χ0v) is 18.5. The number of hydrogen-bond acceptors (Lipinski definition) is 5. The molecule has 8 nitrogen and oxygen atoms in total. The van der Waals surface area contributed by atoms with Crippen LogP contribution in [0.4, 0.5) is 5.69 Å². The molecule has 0 spiro atoms. The first-order valence-corrected chi connectivity index (χ1v) is 11.0. The third-order valence-corrected chi connectivity index (χ3v) is 5.82. The van der Waals surface area contributed by atoms with Crippen molar-refractivity contribution in [1.82, 2.24) is 15.1 Å². The van der Waals surface area contributed by atoms with Crippen LogP contribution in [0.15, 0.2) is 48.5 Å². The van der Waals surface area contributed by atoms with E-state index in [1.54, 1.807) is 11.8 Å². The Hall–Kier alpha value is -3.94. The van der Waals surface area contributed by atoms with Crippen LogP contribution in [0.25, 0.3) is 16.9 Å². The van der Waals surface area contributed by atoms with Gasteiger partial charge in [-0.3, -0.25) is 14.4 Å². The number of ether oxygens (including phenoxy) is 1. The van der Waals surface area contributed by atoms with Crippen LogP contribution in [-0.2, 0) is 16.0 Å². The first kappa shape index (κ1) is 22.3. The van der Waals surface area contributed by atoms with Crippen LogP contribution >= 0.6 is 0 Å². The molecule has 0 aliphatic carbocycles. The minimum absolute atomic E-state index is 0.140.